The summed E-state index contributed by atoms with van der Waals surface area (Å²) in [6.45, 7) is 2.68. The second-order valence-corrected chi connectivity index (χ2v) is 7.26. The minimum Gasteiger partial charge on any atom is -0.361 e. The van der Waals surface area contributed by atoms with Gasteiger partial charge >= 0.3 is 0 Å². The van der Waals surface area contributed by atoms with Crippen LogP contribution in [0.15, 0.2) is 30.5 Å². The van der Waals surface area contributed by atoms with Gasteiger partial charge in [0.15, 0.2) is 5.82 Å². The molecule has 4 rings (SSSR count). The van der Waals surface area contributed by atoms with Gasteiger partial charge in [0.1, 0.15) is 5.82 Å². The maximum atomic E-state index is 12.9. The van der Waals surface area contributed by atoms with Crippen LogP contribution >= 0.6 is 0 Å². The fourth-order valence-electron chi connectivity index (χ4n) is 3.98. The first kappa shape index (κ1) is 18.2. The number of aromatic nitrogens is 4. The fraction of sp³-hybridized carbons (Fsp3) is 0.400. The van der Waals surface area contributed by atoms with Crippen LogP contribution in [0.25, 0.3) is 10.9 Å². The van der Waals surface area contributed by atoms with Crippen molar-refractivity contribution in [3.8, 4) is 0 Å². The lowest BCUT2D eigenvalue weighted by molar-refractivity contribution is -0.130. The van der Waals surface area contributed by atoms with Gasteiger partial charge in [-0.3, -0.25) is 14.7 Å². The first-order valence-electron chi connectivity index (χ1n) is 9.50. The minimum atomic E-state index is -0.336. The molecular formula is C20H24N6O2. The molecule has 0 bridgehead atoms. The lowest BCUT2D eigenvalue weighted by Gasteiger charge is -2.16. The Labute approximate surface area is 162 Å². The number of benzene rings is 1. The van der Waals surface area contributed by atoms with Crippen LogP contribution in [0.4, 0.5) is 0 Å². The standard InChI is InChI=1S/C20H24N6O2/c1-12-23-19(25-24-12)15-10-26(11-16(15)20(28)21-2)18(27)8-7-13-9-22-17-6-4-3-5-14(13)17/h3-6,9,15-16,22H,7-8,10-11H2,1-2H3,(H,21,28)(H,23,24,25)/t15-,16-/m1/s1. The van der Waals surface area contributed by atoms with Crippen LogP contribution in [-0.2, 0) is 16.0 Å². The summed E-state index contributed by atoms with van der Waals surface area (Å²) in [6, 6.07) is 8.07. The highest BCUT2D eigenvalue weighted by molar-refractivity contribution is 5.85. The minimum absolute atomic E-state index is 0.0499. The molecule has 0 unspecified atom stereocenters. The van der Waals surface area contributed by atoms with E-state index in [0.717, 1.165) is 16.5 Å². The van der Waals surface area contributed by atoms with Crippen LogP contribution in [0, 0.1) is 12.8 Å². The molecule has 3 aromatic rings. The molecule has 0 aliphatic carbocycles. The third kappa shape index (κ3) is 3.37. The topological polar surface area (TPSA) is 107 Å². The molecule has 8 heteroatoms. The van der Waals surface area contributed by atoms with E-state index in [0.29, 0.717) is 37.6 Å². The number of likely N-dealkylation sites (tertiary alicyclic amines) is 1. The number of H-pyrrole nitrogens is 2. The Balaban J connectivity index is 1.46. The van der Waals surface area contributed by atoms with Crippen LogP contribution in [0.3, 0.4) is 0 Å². The Bertz CT molecular complexity index is 1010. The number of amides is 2. The monoisotopic (exact) mass is 380 g/mol. The van der Waals surface area contributed by atoms with Crippen LogP contribution in [-0.4, -0.2) is 57.0 Å². The molecule has 0 radical (unpaired) electrons. The molecule has 28 heavy (non-hydrogen) atoms. The van der Waals surface area contributed by atoms with Crippen molar-refractivity contribution in [3.63, 3.8) is 0 Å². The molecule has 1 aliphatic heterocycles. The van der Waals surface area contributed by atoms with Crippen LogP contribution in [0.5, 0.6) is 0 Å². The Morgan fingerprint density at radius 3 is 2.86 bits per heavy atom. The first-order valence-corrected chi connectivity index (χ1v) is 9.50. The molecule has 2 aromatic heterocycles. The van der Waals surface area contributed by atoms with E-state index < -0.39 is 0 Å². The van der Waals surface area contributed by atoms with Gasteiger partial charge < -0.3 is 15.2 Å². The smallest absolute Gasteiger partial charge is 0.225 e. The molecular weight excluding hydrogens is 356 g/mol. The van der Waals surface area contributed by atoms with Crippen LogP contribution in [0.2, 0.25) is 0 Å². The molecule has 1 aliphatic rings. The van der Waals surface area contributed by atoms with Crippen molar-refractivity contribution in [2.24, 2.45) is 5.92 Å². The number of carbonyl (C=O) groups excluding carboxylic acids is 2. The molecule has 1 saturated heterocycles. The van der Waals surface area contributed by atoms with Gasteiger partial charge in [0, 0.05) is 43.7 Å². The summed E-state index contributed by atoms with van der Waals surface area (Å²) in [5.74, 6) is 0.736. The van der Waals surface area contributed by atoms with Crippen LogP contribution < -0.4 is 5.32 Å². The second kappa shape index (κ2) is 7.46. The maximum absolute atomic E-state index is 12.9. The van der Waals surface area contributed by atoms with Crippen molar-refractivity contribution in [2.75, 3.05) is 20.1 Å². The van der Waals surface area contributed by atoms with Crippen molar-refractivity contribution < 1.29 is 9.59 Å². The molecule has 2 amide bonds. The summed E-state index contributed by atoms with van der Waals surface area (Å²) >= 11 is 0. The molecule has 1 aromatic carbocycles. The molecule has 3 N–H and O–H groups in total. The third-order valence-corrected chi connectivity index (χ3v) is 5.49. The number of para-hydroxylation sites is 1. The number of aryl methyl sites for hydroxylation is 2. The number of rotatable bonds is 5. The zero-order valence-corrected chi connectivity index (χ0v) is 16.0. The zero-order valence-electron chi connectivity index (χ0n) is 16.0. The lowest BCUT2D eigenvalue weighted by Crippen LogP contribution is -2.33. The normalized spacial score (nSPS) is 19.3. The van der Waals surface area contributed by atoms with E-state index in [9.17, 15) is 9.59 Å². The highest BCUT2D eigenvalue weighted by Gasteiger charge is 2.41. The predicted octanol–water partition coefficient (Wildman–Crippen LogP) is 1.52. The largest absolute Gasteiger partial charge is 0.361 e. The Hall–Kier alpha value is -3.16. The van der Waals surface area contributed by atoms with E-state index in [4.69, 9.17) is 0 Å². The highest BCUT2D eigenvalue weighted by Crippen LogP contribution is 2.31. The van der Waals surface area contributed by atoms with E-state index in [1.165, 1.54) is 0 Å². The Morgan fingerprint density at radius 2 is 2.11 bits per heavy atom. The average molecular weight is 380 g/mol. The predicted molar refractivity (Wildman–Crippen MR) is 105 cm³/mol. The molecule has 146 valence electrons. The van der Waals surface area contributed by atoms with Gasteiger partial charge in [-0.05, 0) is 25.0 Å². The summed E-state index contributed by atoms with van der Waals surface area (Å²) in [4.78, 5) is 34.6. The second-order valence-electron chi connectivity index (χ2n) is 7.26. The highest BCUT2D eigenvalue weighted by atomic mass is 16.2. The molecule has 0 saturated carbocycles. The van der Waals surface area contributed by atoms with Crippen molar-refractivity contribution in [1.29, 1.82) is 0 Å². The molecule has 2 atom stereocenters. The van der Waals surface area contributed by atoms with Crippen molar-refractivity contribution in [1.82, 2.24) is 30.4 Å². The summed E-state index contributed by atoms with van der Waals surface area (Å²) < 4.78 is 0. The number of aromatic amines is 2. The van der Waals surface area contributed by atoms with Gasteiger partial charge in [-0.25, -0.2) is 4.98 Å². The number of nitrogens with zero attached hydrogens (tertiary/aromatic N) is 3. The van der Waals surface area contributed by atoms with Gasteiger partial charge in [0.2, 0.25) is 11.8 Å². The van der Waals surface area contributed by atoms with Crippen molar-refractivity contribution >= 4 is 22.7 Å². The van der Waals surface area contributed by atoms with Crippen molar-refractivity contribution in [2.45, 2.75) is 25.7 Å². The number of nitrogens with one attached hydrogen (secondary N) is 3. The SMILES string of the molecule is CNC(=O)[C@@H]1CN(C(=O)CCc2c[nH]c3ccccc23)C[C@H]1c1n[nH]c(C)n1. The molecule has 0 spiro atoms. The van der Waals surface area contributed by atoms with E-state index in [2.05, 4.69) is 31.5 Å². The molecule has 1 fully saturated rings. The zero-order chi connectivity index (χ0) is 19.7. The van der Waals surface area contributed by atoms with Crippen LogP contribution in [0.1, 0.15) is 29.6 Å². The van der Waals surface area contributed by atoms with Gasteiger partial charge in [-0.2, -0.15) is 5.10 Å². The van der Waals surface area contributed by atoms with Crippen molar-refractivity contribution in [3.05, 3.63) is 47.7 Å². The van der Waals surface area contributed by atoms with Gasteiger partial charge in [0.25, 0.3) is 0 Å². The average Bonchev–Trinajstić information content (AvgIpc) is 3.43. The Morgan fingerprint density at radius 1 is 1.29 bits per heavy atom. The molecule has 3 heterocycles. The number of fused-ring (bicyclic) bond motifs is 1. The summed E-state index contributed by atoms with van der Waals surface area (Å²) in [5.41, 5.74) is 2.21. The van der Waals surface area contributed by atoms with Gasteiger partial charge in [-0.15, -0.1) is 0 Å². The van der Waals surface area contributed by atoms with E-state index in [-0.39, 0.29) is 23.7 Å². The molecule has 8 nitrogen and oxygen atoms in total. The van der Waals surface area contributed by atoms with E-state index in [1.54, 1.807) is 11.9 Å². The summed E-state index contributed by atoms with van der Waals surface area (Å²) in [6.07, 6.45) is 3.03. The maximum Gasteiger partial charge on any atom is 0.225 e. The summed E-state index contributed by atoms with van der Waals surface area (Å²) in [5, 5.41) is 10.9. The number of carbonyl (C=O) groups is 2. The third-order valence-electron chi connectivity index (χ3n) is 5.49. The summed E-state index contributed by atoms with van der Waals surface area (Å²) in [7, 11) is 1.62. The lowest BCUT2D eigenvalue weighted by atomic mass is 9.94. The van der Waals surface area contributed by atoms with E-state index >= 15 is 0 Å². The fourth-order valence-corrected chi connectivity index (χ4v) is 3.98. The van der Waals surface area contributed by atoms with Gasteiger partial charge in [0.05, 0.1) is 11.8 Å². The van der Waals surface area contributed by atoms with E-state index in [1.807, 2.05) is 31.3 Å². The quantitative estimate of drug-likeness (QED) is 0.624. The first-order chi connectivity index (χ1) is 13.6. The Kier molecular flexibility index (Phi) is 4.85. The van der Waals surface area contributed by atoms with Gasteiger partial charge in [-0.1, -0.05) is 18.2 Å². The number of hydrogen-bond donors (Lipinski definition) is 3. The number of hydrogen-bond acceptors (Lipinski definition) is 4.